The molecule has 0 saturated carbocycles. The molecule has 3 rings (SSSR count). The molecule has 2 heterocycles. The Hall–Kier alpha value is -2.18. The molecule has 1 aliphatic rings. The Kier molecular flexibility index (Phi) is 9.30. The summed E-state index contributed by atoms with van der Waals surface area (Å²) in [6.07, 6.45) is 7.19. The van der Waals surface area contributed by atoms with Gasteiger partial charge in [-0.2, -0.15) is 0 Å². The van der Waals surface area contributed by atoms with Gasteiger partial charge in [-0.25, -0.2) is 4.98 Å². The SMILES string of the molecule is C=C(CCc1sc(-c2ccc(OCCCN3CCCC3C)cc2)nc1CCC)CC(=O)O. The summed E-state index contributed by atoms with van der Waals surface area (Å²) in [6, 6.07) is 8.94. The van der Waals surface area contributed by atoms with Crippen LogP contribution in [0, 0.1) is 0 Å². The van der Waals surface area contributed by atoms with Crippen molar-refractivity contribution in [1.29, 1.82) is 0 Å². The van der Waals surface area contributed by atoms with E-state index < -0.39 is 5.97 Å². The van der Waals surface area contributed by atoms with Gasteiger partial charge in [0.1, 0.15) is 10.8 Å². The summed E-state index contributed by atoms with van der Waals surface area (Å²) in [5, 5.41) is 9.96. The van der Waals surface area contributed by atoms with Gasteiger partial charge in [-0.3, -0.25) is 4.79 Å². The highest BCUT2D eigenvalue weighted by atomic mass is 32.1. The fourth-order valence-electron chi connectivity index (χ4n) is 4.20. The van der Waals surface area contributed by atoms with Crippen LogP contribution in [-0.4, -0.2) is 46.7 Å². The van der Waals surface area contributed by atoms with Gasteiger partial charge >= 0.3 is 5.97 Å². The summed E-state index contributed by atoms with van der Waals surface area (Å²) >= 11 is 1.71. The molecule has 5 nitrogen and oxygen atoms in total. The van der Waals surface area contributed by atoms with E-state index in [0.717, 1.165) is 66.4 Å². The number of hydrogen-bond donors (Lipinski definition) is 1. The molecular weight excluding hydrogens is 420 g/mol. The van der Waals surface area contributed by atoms with E-state index in [2.05, 4.69) is 37.5 Å². The number of rotatable bonds is 13. The number of hydrogen-bond acceptors (Lipinski definition) is 5. The Morgan fingerprint density at radius 1 is 1.31 bits per heavy atom. The molecule has 1 aliphatic heterocycles. The van der Waals surface area contributed by atoms with E-state index in [1.54, 1.807) is 11.3 Å². The summed E-state index contributed by atoms with van der Waals surface area (Å²) < 4.78 is 5.95. The van der Waals surface area contributed by atoms with Crippen molar-refractivity contribution in [3.05, 3.63) is 47.0 Å². The van der Waals surface area contributed by atoms with Crippen molar-refractivity contribution in [2.75, 3.05) is 19.7 Å². The monoisotopic (exact) mass is 456 g/mol. The van der Waals surface area contributed by atoms with Crippen LogP contribution in [0.15, 0.2) is 36.4 Å². The predicted octanol–water partition coefficient (Wildman–Crippen LogP) is 5.98. The van der Waals surface area contributed by atoms with E-state index in [0.29, 0.717) is 12.5 Å². The minimum absolute atomic E-state index is 0.0350. The van der Waals surface area contributed by atoms with E-state index in [-0.39, 0.29) is 6.42 Å². The number of aromatic nitrogens is 1. The summed E-state index contributed by atoms with van der Waals surface area (Å²) in [7, 11) is 0. The number of thiazole rings is 1. The van der Waals surface area contributed by atoms with Gasteiger partial charge in [-0.15, -0.1) is 11.3 Å². The predicted molar refractivity (Wildman–Crippen MR) is 132 cm³/mol. The first-order valence-corrected chi connectivity index (χ1v) is 12.6. The van der Waals surface area contributed by atoms with Gasteiger partial charge in [0.25, 0.3) is 0 Å². The second-order valence-electron chi connectivity index (χ2n) is 8.71. The number of likely N-dealkylation sites (tertiary alicyclic amines) is 1. The zero-order valence-electron chi connectivity index (χ0n) is 19.4. The van der Waals surface area contributed by atoms with E-state index in [4.69, 9.17) is 14.8 Å². The van der Waals surface area contributed by atoms with Crippen LogP contribution in [0.2, 0.25) is 0 Å². The molecule has 1 aromatic carbocycles. The van der Waals surface area contributed by atoms with Gasteiger partial charge in [0, 0.05) is 23.0 Å². The number of carboxylic acids is 1. The van der Waals surface area contributed by atoms with Crippen molar-refractivity contribution < 1.29 is 14.6 Å². The number of carboxylic acid groups (broad SMARTS) is 1. The molecule has 1 unspecified atom stereocenters. The highest BCUT2D eigenvalue weighted by molar-refractivity contribution is 7.15. The summed E-state index contributed by atoms with van der Waals surface area (Å²) in [6.45, 7) is 11.4. The molecule has 1 fully saturated rings. The minimum atomic E-state index is -0.818. The Bertz CT molecular complexity index is 891. The maximum Gasteiger partial charge on any atom is 0.307 e. The molecule has 0 radical (unpaired) electrons. The molecule has 1 N–H and O–H groups in total. The van der Waals surface area contributed by atoms with Gasteiger partial charge in [-0.1, -0.05) is 25.5 Å². The number of nitrogens with zero attached hydrogens (tertiary/aromatic N) is 2. The van der Waals surface area contributed by atoms with Gasteiger partial charge < -0.3 is 14.7 Å². The molecule has 32 heavy (non-hydrogen) atoms. The fraction of sp³-hybridized carbons (Fsp3) is 0.538. The number of aliphatic carboxylic acids is 1. The number of carbonyl (C=O) groups is 1. The zero-order valence-corrected chi connectivity index (χ0v) is 20.3. The lowest BCUT2D eigenvalue weighted by molar-refractivity contribution is -0.136. The maximum atomic E-state index is 10.9. The first-order chi connectivity index (χ1) is 15.5. The maximum absolute atomic E-state index is 10.9. The van der Waals surface area contributed by atoms with Crippen LogP contribution in [0.1, 0.15) is 62.9 Å². The molecule has 0 bridgehead atoms. The lowest BCUT2D eigenvalue weighted by Gasteiger charge is -2.20. The van der Waals surface area contributed by atoms with Crippen LogP contribution >= 0.6 is 11.3 Å². The topological polar surface area (TPSA) is 62.7 Å². The van der Waals surface area contributed by atoms with E-state index >= 15 is 0 Å². The summed E-state index contributed by atoms with van der Waals surface area (Å²) in [5.41, 5.74) is 2.99. The third kappa shape index (κ3) is 7.17. The summed E-state index contributed by atoms with van der Waals surface area (Å²) in [4.78, 5) is 19.6. The van der Waals surface area contributed by atoms with Crippen molar-refractivity contribution in [2.24, 2.45) is 0 Å². The Balaban J connectivity index is 1.54. The quantitative estimate of drug-likeness (QED) is 0.297. The molecule has 174 valence electrons. The van der Waals surface area contributed by atoms with Crippen LogP contribution < -0.4 is 4.74 Å². The van der Waals surface area contributed by atoms with E-state index in [1.165, 1.54) is 24.3 Å². The molecular formula is C26H36N2O3S. The number of ether oxygens (including phenoxy) is 1. The van der Waals surface area contributed by atoms with E-state index in [1.807, 2.05) is 12.1 Å². The van der Waals surface area contributed by atoms with Crippen molar-refractivity contribution in [1.82, 2.24) is 9.88 Å². The first-order valence-electron chi connectivity index (χ1n) is 11.8. The van der Waals surface area contributed by atoms with Crippen molar-refractivity contribution in [2.45, 2.75) is 71.3 Å². The lowest BCUT2D eigenvalue weighted by Crippen LogP contribution is -2.28. The molecule has 2 aromatic rings. The van der Waals surface area contributed by atoms with Crippen molar-refractivity contribution >= 4 is 17.3 Å². The van der Waals surface area contributed by atoms with Crippen molar-refractivity contribution in [3.63, 3.8) is 0 Å². The van der Waals surface area contributed by atoms with E-state index in [9.17, 15) is 4.79 Å². The smallest absolute Gasteiger partial charge is 0.307 e. The van der Waals surface area contributed by atoms with Gasteiger partial charge in [0.15, 0.2) is 0 Å². The second kappa shape index (κ2) is 12.2. The zero-order chi connectivity index (χ0) is 22.9. The molecule has 1 saturated heterocycles. The average Bonchev–Trinajstić information content (AvgIpc) is 3.36. The highest BCUT2D eigenvalue weighted by Crippen LogP contribution is 2.31. The number of aryl methyl sites for hydroxylation is 2. The lowest BCUT2D eigenvalue weighted by atomic mass is 10.1. The normalized spacial score (nSPS) is 16.4. The standard InChI is InChI=1S/C26H36N2O3S/c1-4-7-23-24(14-9-19(2)18-25(29)30)32-26(27-23)21-10-12-22(13-11-21)31-17-6-16-28-15-5-8-20(28)3/h10-13,20H,2,4-9,14-18H2,1,3H3,(H,29,30). The molecule has 0 amide bonds. The Morgan fingerprint density at radius 2 is 2.09 bits per heavy atom. The number of benzene rings is 1. The third-order valence-electron chi connectivity index (χ3n) is 6.02. The van der Waals surface area contributed by atoms with Gasteiger partial charge in [0.2, 0.25) is 0 Å². The van der Waals surface area contributed by atoms with Crippen LogP contribution in [0.4, 0.5) is 0 Å². The average molecular weight is 457 g/mol. The second-order valence-corrected chi connectivity index (χ2v) is 9.80. The first kappa shape index (κ1) is 24.5. The molecule has 0 aliphatic carbocycles. The van der Waals surface area contributed by atoms with Crippen LogP contribution in [0.3, 0.4) is 0 Å². The minimum Gasteiger partial charge on any atom is -0.494 e. The molecule has 1 aromatic heterocycles. The van der Waals surface area contributed by atoms with Gasteiger partial charge in [-0.05, 0) is 76.3 Å². The van der Waals surface area contributed by atoms with Crippen LogP contribution in [0.25, 0.3) is 10.6 Å². The Labute approximate surface area is 196 Å². The van der Waals surface area contributed by atoms with Crippen LogP contribution in [0.5, 0.6) is 5.75 Å². The van der Waals surface area contributed by atoms with Crippen LogP contribution in [-0.2, 0) is 17.6 Å². The molecule has 6 heteroatoms. The molecule has 1 atom stereocenters. The molecule has 0 spiro atoms. The van der Waals surface area contributed by atoms with Crippen molar-refractivity contribution in [3.8, 4) is 16.3 Å². The summed E-state index contributed by atoms with van der Waals surface area (Å²) in [5.74, 6) is 0.0837. The largest absolute Gasteiger partial charge is 0.494 e. The third-order valence-corrected chi connectivity index (χ3v) is 7.23. The fourth-order valence-corrected chi connectivity index (χ4v) is 5.32. The Morgan fingerprint density at radius 3 is 2.75 bits per heavy atom. The van der Waals surface area contributed by atoms with Gasteiger partial charge in [0.05, 0.1) is 18.7 Å². The highest BCUT2D eigenvalue weighted by Gasteiger charge is 2.19.